The molecule has 1 N–H and O–H groups in total. The Balaban J connectivity index is 2.02. The van der Waals surface area contributed by atoms with E-state index < -0.39 is 11.5 Å². The number of esters is 1. The molecule has 0 bridgehead atoms. The molecule has 2 aromatic carbocycles. The van der Waals surface area contributed by atoms with E-state index in [0.29, 0.717) is 16.7 Å². The Labute approximate surface area is 155 Å². The number of para-hydroxylation sites is 1. The van der Waals surface area contributed by atoms with Gasteiger partial charge in [-0.05, 0) is 25.1 Å². The third-order valence-corrected chi connectivity index (χ3v) is 4.23. The Morgan fingerprint density at radius 1 is 1.07 bits per heavy atom. The number of carbonyl (C=O) groups excluding carboxylic acids is 1. The summed E-state index contributed by atoms with van der Waals surface area (Å²) >= 11 is 0. The number of hydrogen-bond donors (Lipinski definition) is 1. The number of benzene rings is 2. The van der Waals surface area contributed by atoms with Crippen molar-refractivity contribution in [3.63, 3.8) is 0 Å². The van der Waals surface area contributed by atoms with Gasteiger partial charge in [-0.15, -0.1) is 0 Å². The van der Waals surface area contributed by atoms with Crippen molar-refractivity contribution in [3.05, 3.63) is 82.6 Å². The van der Waals surface area contributed by atoms with Gasteiger partial charge in [-0.3, -0.25) is 4.79 Å². The van der Waals surface area contributed by atoms with Crippen molar-refractivity contribution in [2.75, 3.05) is 6.61 Å². The zero-order valence-corrected chi connectivity index (χ0v) is 14.7. The summed E-state index contributed by atoms with van der Waals surface area (Å²) in [6.45, 7) is 1.90. The summed E-state index contributed by atoms with van der Waals surface area (Å²) in [5, 5.41) is 5.39. The number of nitrogens with one attached hydrogen (secondary N) is 1. The van der Waals surface area contributed by atoms with Crippen molar-refractivity contribution in [2.24, 2.45) is 0 Å². The highest BCUT2D eigenvalue weighted by atomic mass is 16.5. The molecule has 0 aliphatic rings. The number of carbonyl (C=O) groups is 1. The lowest BCUT2D eigenvalue weighted by Gasteiger charge is -2.04. The number of nitrogens with zero attached hydrogens (tertiary/aromatic N) is 2. The Morgan fingerprint density at radius 3 is 2.41 bits per heavy atom. The van der Waals surface area contributed by atoms with Crippen molar-refractivity contribution in [2.45, 2.75) is 6.92 Å². The monoisotopic (exact) mass is 359 g/mol. The van der Waals surface area contributed by atoms with Crippen LogP contribution in [-0.4, -0.2) is 27.3 Å². The molecule has 0 atom stereocenters. The highest BCUT2D eigenvalue weighted by Gasteiger charge is 2.19. The third-order valence-electron chi connectivity index (χ3n) is 4.23. The van der Waals surface area contributed by atoms with Gasteiger partial charge in [0.25, 0.3) is 5.56 Å². The molecule has 27 heavy (non-hydrogen) atoms. The fraction of sp³-hybridized carbons (Fsp3) is 0.0952. The second-order valence-corrected chi connectivity index (χ2v) is 5.96. The van der Waals surface area contributed by atoms with Crippen molar-refractivity contribution >= 4 is 17.0 Å². The van der Waals surface area contributed by atoms with E-state index in [9.17, 15) is 9.59 Å². The highest BCUT2D eigenvalue weighted by molar-refractivity contribution is 5.98. The molecular formula is C21H17N3O3. The Morgan fingerprint density at radius 2 is 1.74 bits per heavy atom. The molecule has 6 heteroatoms. The van der Waals surface area contributed by atoms with E-state index in [1.165, 1.54) is 0 Å². The molecule has 0 amide bonds. The first-order valence-corrected chi connectivity index (χ1v) is 8.63. The standard InChI is InChI=1S/C21H17N3O3/c1-2-27-21(26)17-13-16-18(14-9-5-3-6-10-14)23-24(19(16)22-20(17)25)15-11-7-4-8-12-15/h3-13H,2H2,1H3,(H,22,25). The fourth-order valence-corrected chi connectivity index (χ4v) is 3.00. The maximum atomic E-state index is 12.5. The van der Waals surface area contributed by atoms with Crippen LogP contribution in [0.15, 0.2) is 71.5 Å². The number of rotatable bonds is 4. The lowest BCUT2D eigenvalue weighted by atomic mass is 10.1. The smallest absolute Gasteiger partial charge is 0.343 e. The molecule has 0 saturated carbocycles. The minimum atomic E-state index is -0.646. The van der Waals surface area contributed by atoms with E-state index in [1.807, 2.05) is 60.7 Å². The van der Waals surface area contributed by atoms with Crippen LogP contribution < -0.4 is 5.56 Å². The van der Waals surface area contributed by atoms with E-state index in [-0.39, 0.29) is 12.2 Å². The molecule has 0 spiro atoms. The van der Waals surface area contributed by atoms with E-state index in [0.717, 1.165) is 11.3 Å². The molecule has 0 unspecified atom stereocenters. The SMILES string of the molecule is CCOC(=O)c1cc2c(-c3ccccc3)nn(-c3ccccc3)c2[nH]c1=O. The van der Waals surface area contributed by atoms with Gasteiger partial charge in [-0.25, -0.2) is 9.48 Å². The minimum Gasteiger partial charge on any atom is -0.462 e. The predicted octanol–water partition coefficient (Wildman–Crippen LogP) is 3.56. The summed E-state index contributed by atoms with van der Waals surface area (Å²) in [6.07, 6.45) is 0. The summed E-state index contributed by atoms with van der Waals surface area (Å²) in [6, 6.07) is 20.7. The van der Waals surface area contributed by atoms with Crippen LogP contribution in [-0.2, 0) is 4.74 Å². The van der Waals surface area contributed by atoms with Crippen LogP contribution >= 0.6 is 0 Å². The fourth-order valence-electron chi connectivity index (χ4n) is 3.00. The number of pyridine rings is 1. The lowest BCUT2D eigenvalue weighted by molar-refractivity contribution is 0.0524. The van der Waals surface area contributed by atoms with Gasteiger partial charge in [0.05, 0.1) is 12.3 Å². The normalized spacial score (nSPS) is 10.9. The Hall–Kier alpha value is -3.67. The number of aromatic amines is 1. The summed E-state index contributed by atoms with van der Waals surface area (Å²) in [7, 11) is 0. The van der Waals surface area contributed by atoms with Gasteiger partial charge in [0.15, 0.2) is 0 Å². The van der Waals surface area contributed by atoms with Crippen LogP contribution in [0, 0.1) is 0 Å². The van der Waals surface area contributed by atoms with Gasteiger partial charge in [-0.1, -0.05) is 48.5 Å². The highest BCUT2D eigenvalue weighted by Crippen LogP contribution is 2.28. The van der Waals surface area contributed by atoms with Crippen LogP contribution in [0.5, 0.6) is 0 Å². The summed E-state index contributed by atoms with van der Waals surface area (Å²) in [4.78, 5) is 27.4. The van der Waals surface area contributed by atoms with Gasteiger partial charge in [-0.2, -0.15) is 5.10 Å². The van der Waals surface area contributed by atoms with Crippen LogP contribution in [0.1, 0.15) is 17.3 Å². The first-order chi connectivity index (χ1) is 13.2. The minimum absolute atomic E-state index is 0.0332. The van der Waals surface area contributed by atoms with Crippen molar-refractivity contribution in [1.29, 1.82) is 0 Å². The molecule has 2 aromatic heterocycles. The molecule has 4 aromatic rings. The Bertz CT molecular complexity index is 1160. The molecule has 0 saturated heterocycles. The average molecular weight is 359 g/mol. The first kappa shape index (κ1) is 16.8. The lowest BCUT2D eigenvalue weighted by Crippen LogP contribution is -2.20. The van der Waals surface area contributed by atoms with Crippen molar-refractivity contribution in [3.8, 4) is 16.9 Å². The van der Waals surface area contributed by atoms with E-state index in [1.54, 1.807) is 17.7 Å². The number of aromatic nitrogens is 3. The first-order valence-electron chi connectivity index (χ1n) is 8.63. The van der Waals surface area contributed by atoms with Gasteiger partial charge < -0.3 is 9.72 Å². The number of hydrogen-bond acceptors (Lipinski definition) is 4. The molecule has 0 aliphatic carbocycles. The van der Waals surface area contributed by atoms with Crippen molar-refractivity contribution < 1.29 is 9.53 Å². The molecule has 0 radical (unpaired) electrons. The molecule has 0 fully saturated rings. The van der Waals surface area contributed by atoms with Gasteiger partial charge in [0.1, 0.15) is 16.9 Å². The molecule has 4 rings (SSSR count). The number of fused-ring (bicyclic) bond motifs is 1. The zero-order chi connectivity index (χ0) is 18.8. The molecule has 134 valence electrons. The Kier molecular flexibility index (Phi) is 4.30. The second kappa shape index (κ2) is 6.92. The molecule has 0 aliphatic heterocycles. The van der Waals surface area contributed by atoms with E-state index in [4.69, 9.17) is 9.84 Å². The van der Waals surface area contributed by atoms with E-state index >= 15 is 0 Å². The molecule has 2 heterocycles. The largest absolute Gasteiger partial charge is 0.462 e. The van der Waals surface area contributed by atoms with Crippen LogP contribution in [0.3, 0.4) is 0 Å². The van der Waals surface area contributed by atoms with Gasteiger partial charge in [0.2, 0.25) is 0 Å². The van der Waals surface area contributed by atoms with Gasteiger partial charge >= 0.3 is 5.97 Å². The van der Waals surface area contributed by atoms with Crippen LogP contribution in [0.2, 0.25) is 0 Å². The number of H-pyrrole nitrogens is 1. The summed E-state index contributed by atoms with van der Waals surface area (Å²) in [5.41, 5.74) is 2.37. The van der Waals surface area contributed by atoms with Gasteiger partial charge in [0, 0.05) is 10.9 Å². The van der Waals surface area contributed by atoms with Crippen LogP contribution in [0.4, 0.5) is 0 Å². The van der Waals surface area contributed by atoms with E-state index in [2.05, 4.69) is 4.98 Å². The molecular weight excluding hydrogens is 342 g/mol. The summed E-state index contributed by atoms with van der Waals surface area (Å²) in [5.74, 6) is -0.646. The average Bonchev–Trinajstić information content (AvgIpc) is 3.07. The maximum Gasteiger partial charge on any atom is 0.343 e. The topological polar surface area (TPSA) is 77.0 Å². The second-order valence-electron chi connectivity index (χ2n) is 5.96. The maximum absolute atomic E-state index is 12.5. The summed E-state index contributed by atoms with van der Waals surface area (Å²) < 4.78 is 6.68. The predicted molar refractivity (Wildman–Crippen MR) is 103 cm³/mol. The quantitative estimate of drug-likeness (QED) is 0.565. The number of ether oxygens (including phenoxy) is 1. The van der Waals surface area contributed by atoms with Crippen molar-refractivity contribution in [1.82, 2.24) is 14.8 Å². The molecule has 6 nitrogen and oxygen atoms in total. The zero-order valence-electron chi connectivity index (χ0n) is 14.7. The van der Waals surface area contributed by atoms with Crippen LogP contribution in [0.25, 0.3) is 28.0 Å². The third kappa shape index (κ3) is 3.01.